The zero-order chi connectivity index (χ0) is 18.7. The van der Waals surface area contributed by atoms with Gasteiger partial charge in [0.25, 0.3) is 0 Å². The van der Waals surface area contributed by atoms with Crippen molar-refractivity contribution in [3.8, 4) is 0 Å². The van der Waals surface area contributed by atoms with E-state index in [2.05, 4.69) is 29.3 Å². The van der Waals surface area contributed by atoms with Gasteiger partial charge in [0, 0.05) is 19.1 Å². The second-order valence-electron chi connectivity index (χ2n) is 6.20. The van der Waals surface area contributed by atoms with Gasteiger partial charge in [-0.3, -0.25) is 9.69 Å². The van der Waals surface area contributed by atoms with Gasteiger partial charge in [-0.05, 0) is 51.9 Å². The fourth-order valence-electron chi connectivity index (χ4n) is 2.39. The normalized spacial score (nSPS) is 13.0. The Morgan fingerprint density at radius 1 is 1.16 bits per heavy atom. The van der Waals surface area contributed by atoms with E-state index in [1.54, 1.807) is 0 Å². The van der Waals surface area contributed by atoms with E-state index in [0.29, 0.717) is 12.5 Å². The molecule has 7 heteroatoms. The van der Waals surface area contributed by atoms with Gasteiger partial charge in [0.05, 0.1) is 0 Å². The molecule has 0 radical (unpaired) electrons. The summed E-state index contributed by atoms with van der Waals surface area (Å²) >= 11 is 0. The van der Waals surface area contributed by atoms with E-state index >= 15 is 0 Å². The maximum absolute atomic E-state index is 12.1. The quantitative estimate of drug-likeness (QED) is 0.597. The number of amides is 1. The minimum absolute atomic E-state index is 0.0461. The number of unbranched alkanes of at least 4 members (excludes halogenated alkanes) is 1. The molecule has 0 spiro atoms. The minimum atomic E-state index is -4.80. The van der Waals surface area contributed by atoms with Gasteiger partial charge >= 0.3 is 12.1 Å². The van der Waals surface area contributed by atoms with Crippen LogP contribution in [0.5, 0.6) is 0 Å². The standard InChI is InChI=1S/C18H28F3N3O/c1-15(22-2)10-13-24(14-16-8-4-3-5-9-16)12-7-6-11-23-17(25)18(19,20)21/h3-5,8-9,15,22H,6-7,10-14H2,1-2H3,(H,23,25). The molecular weight excluding hydrogens is 331 g/mol. The van der Waals surface area contributed by atoms with Crippen molar-refractivity contribution < 1.29 is 18.0 Å². The van der Waals surface area contributed by atoms with E-state index in [1.807, 2.05) is 30.6 Å². The molecule has 142 valence electrons. The van der Waals surface area contributed by atoms with Gasteiger partial charge in [-0.1, -0.05) is 30.3 Å². The number of carbonyl (C=O) groups excluding carboxylic acids is 1. The average Bonchev–Trinajstić information content (AvgIpc) is 2.58. The lowest BCUT2D eigenvalue weighted by Gasteiger charge is -2.24. The Hall–Kier alpha value is -1.60. The molecule has 0 aromatic heterocycles. The summed E-state index contributed by atoms with van der Waals surface area (Å²) in [6.07, 6.45) is -2.55. The first-order chi connectivity index (χ1) is 11.8. The third-order valence-corrected chi connectivity index (χ3v) is 4.06. The molecule has 1 aromatic rings. The van der Waals surface area contributed by atoms with Crippen molar-refractivity contribution in [3.05, 3.63) is 35.9 Å². The monoisotopic (exact) mass is 359 g/mol. The summed E-state index contributed by atoms with van der Waals surface area (Å²) in [5.74, 6) is -1.86. The van der Waals surface area contributed by atoms with Crippen LogP contribution in [-0.2, 0) is 11.3 Å². The molecule has 0 fully saturated rings. The van der Waals surface area contributed by atoms with E-state index in [9.17, 15) is 18.0 Å². The lowest BCUT2D eigenvalue weighted by atomic mass is 10.1. The number of hydrogen-bond donors (Lipinski definition) is 2. The second kappa shape index (κ2) is 11.1. The molecule has 0 heterocycles. The Morgan fingerprint density at radius 3 is 2.44 bits per heavy atom. The first kappa shape index (κ1) is 21.4. The maximum Gasteiger partial charge on any atom is 0.471 e. The van der Waals surface area contributed by atoms with Gasteiger partial charge in [-0.15, -0.1) is 0 Å². The summed E-state index contributed by atoms with van der Waals surface area (Å²) in [5.41, 5.74) is 1.21. The molecule has 0 saturated heterocycles. The van der Waals surface area contributed by atoms with Gasteiger partial charge in [0.1, 0.15) is 0 Å². The summed E-state index contributed by atoms with van der Waals surface area (Å²) in [6.45, 7) is 4.67. The number of benzene rings is 1. The van der Waals surface area contributed by atoms with Crippen molar-refractivity contribution in [3.63, 3.8) is 0 Å². The number of halogens is 3. The molecule has 1 unspecified atom stereocenters. The molecule has 1 atom stereocenters. The lowest BCUT2D eigenvalue weighted by Crippen LogP contribution is -2.37. The van der Waals surface area contributed by atoms with Crippen LogP contribution < -0.4 is 10.6 Å². The van der Waals surface area contributed by atoms with E-state index < -0.39 is 12.1 Å². The Balaban J connectivity index is 2.38. The van der Waals surface area contributed by atoms with Crippen LogP contribution in [0.4, 0.5) is 13.2 Å². The van der Waals surface area contributed by atoms with Gasteiger partial charge in [-0.2, -0.15) is 13.2 Å². The Labute approximate surface area is 147 Å². The summed E-state index contributed by atoms with van der Waals surface area (Å²) in [6, 6.07) is 10.5. The largest absolute Gasteiger partial charge is 0.471 e. The zero-order valence-corrected chi connectivity index (χ0v) is 14.9. The number of nitrogens with zero attached hydrogens (tertiary/aromatic N) is 1. The molecule has 0 bridgehead atoms. The molecule has 4 nitrogen and oxygen atoms in total. The Bertz CT molecular complexity index is 494. The van der Waals surface area contributed by atoms with Gasteiger partial charge in [0.15, 0.2) is 0 Å². The van der Waals surface area contributed by atoms with Crippen LogP contribution in [0, 0.1) is 0 Å². The molecule has 0 aliphatic rings. The summed E-state index contributed by atoms with van der Waals surface area (Å²) < 4.78 is 36.3. The molecule has 1 amide bonds. The highest BCUT2D eigenvalue weighted by Gasteiger charge is 2.38. The molecule has 0 saturated carbocycles. The van der Waals surface area contributed by atoms with E-state index in [-0.39, 0.29) is 6.54 Å². The number of rotatable bonds is 11. The van der Waals surface area contributed by atoms with Crippen molar-refractivity contribution in [1.82, 2.24) is 15.5 Å². The lowest BCUT2D eigenvalue weighted by molar-refractivity contribution is -0.173. The number of carbonyl (C=O) groups is 1. The van der Waals surface area contributed by atoms with Crippen LogP contribution in [-0.4, -0.2) is 49.7 Å². The highest BCUT2D eigenvalue weighted by Crippen LogP contribution is 2.14. The van der Waals surface area contributed by atoms with Crippen LogP contribution in [0.25, 0.3) is 0 Å². The zero-order valence-electron chi connectivity index (χ0n) is 14.9. The smallest absolute Gasteiger partial charge is 0.348 e. The molecule has 0 aliphatic carbocycles. The van der Waals surface area contributed by atoms with Crippen molar-refractivity contribution in [2.75, 3.05) is 26.7 Å². The van der Waals surface area contributed by atoms with Gasteiger partial charge < -0.3 is 10.6 Å². The summed E-state index contributed by atoms with van der Waals surface area (Å²) in [5, 5.41) is 5.12. The van der Waals surface area contributed by atoms with E-state index in [1.165, 1.54) is 5.56 Å². The molecule has 25 heavy (non-hydrogen) atoms. The molecule has 0 aliphatic heterocycles. The SMILES string of the molecule is CNC(C)CCN(CCCCNC(=O)C(F)(F)F)Cc1ccccc1. The Kier molecular flexibility index (Phi) is 9.52. The first-order valence-corrected chi connectivity index (χ1v) is 8.61. The van der Waals surface area contributed by atoms with E-state index in [4.69, 9.17) is 0 Å². The van der Waals surface area contributed by atoms with Crippen LogP contribution in [0.3, 0.4) is 0 Å². The summed E-state index contributed by atoms with van der Waals surface area (Å²) in [4.78, 5) is 13.1. The van der Waals surface area contributed by atoms with Gasteiger partial charge in [0.2, 0.25) is 0 Å². The second-order valence-corrected chi connectivity index (χ2v) is 6.20. The Morgan fingerprint density at radius 2 is 1.84 bits per heavy atom. The summed E-state index contributed by atoms with van der Waals surface area (Å²) in [7, 11) is 1.93. The van der Waals surface area contributed by atoms with Crippen molar-refractivity contribution in [1.29, 1.82) is 0 Å². The highest BCUT2D eigenvalue weighted by molar-refractivity contribution is 5.81. The number of nitrogens with one attached hydrogen (secondary N) is 2. The van der Waals surface area contributed by atoms with Gasteiger partial charge in [-0.25, -0.2) is 0 Å². The topological polar surface area (TPSA) is 44.4 Å². The van der Waals surface area contributed by atoms with E-state index in [0.717, 1.165) is 32.5 Å². The fourth-order valence-corrected chi connectivity index (χ4v) is 2.39. The minimum Gasteiger partial charge on any atom is -0.348 e. The van der Waals surface area contributed by atoms with Crippen molar-refractivity contribution >= 4 is 5.91 Å². The molecule has 1 aromatic carbocycles. The fraction of sp³-hybridized carbons (Fsp3) is 0.611. The third kappa shape index (κ3) is 9.45. The predicted octanol–water partition coefficient (Wildman–Crippen LogP) is 2.95. The number of hydrogen-bond acceptors (Lipinski definition) is 3. The average molecular weight is 359 g/mol. The van der Waals surface area contributed by atoms with Crippen molar-refractivity contribution in [2.24, 2.45) is 0 Å². The maximum atomic E-state index is 12.1. The molecule has 2 N–H and O–H groups in total. The first-order valence-electron chi connectivity index (χ1n) is 8.61. The van der Waals surface area contributed by atoms with Crippen LogP contribution in [0.15, 0.2) is 30.3 Å². The number of alkyl halides is 3. The molecular formula is C18H28F3N3O. The van der Waals surface area contributed by atoms with Crippen molar-refractivity contribution in [2.45, 2.75) is 44.9 Å². The third-order valence-electron chi connectivity index (χ3n) is 4.06. The highest BCUT2D eigenvalue weighted by atomic mass is 19.4. The molecule has 1 rings (SSSR count). The predicted molar refractivity (Wildman–Crippen MR) is 93.2 cm³/mol. The van der Waals surface area contributed by atoms with Crippen LogP contribution in [0.2, 0.25) is 0 Å². The van der Waals surface area contributed by atoms with Crippen LogP contribution in [0.1, 0.15) is 31.7 Å². The van der Waals surface area contributed by atoms with Crippen LogP contribution >= 0.6 is 0 Å².